The SMILES string of the molecule is Cc1cc2oc(=O)c(-c3nc4ccccc4s3)c(C#N)c2cc1C. The van der Waals surface area contributed by atoms with Crippen molar-refractivity contribution in [3.8, 4) is 16.6 Å². The quantitative estimate of drug-likeness (QED) is 0.479. The smallest absolute Gasteiger partial charge is 0.348 e. The molecule has 4 aromatic rings. The number of hydrogen-bond donors (Lipinski definition) is 0. The van der Waals surface area contributed by atoms with Crippen molar-refractivity contribution in [2.45, 2.75) is 13.8 Å². The molecule has 116 valence electrons. The fourth-order valence-electron chi connectivity index (χ4n) is 2.75. The van der Waals surface area contributed by atoms with Gasteiger partial charge in [-0.15, -0.1) is 11.3 Å². The van der Waals surface area contributed by atoms with E-state index in [0.717, 1.165) is 21.3 Å². The number of aryl methyl sites for hydroxylation is 2. The summed E-state index contributed by atoms with van der Waals surface area (Å²) in [4.78, 5) is 17.0. The van der Waals surface area contributed by atoms with Crippen molar-refractivity contribution in [2.75, 3.05) is 0 Å². The molecule has 0 unspecified atom stereocenters. The fourth-order valence-corrected chi connectivity index (χ4v) is 3.75. The fraction of sp³-hybridized carbons (Fsp3) is 0.105. The highest BCUT2D eigenvalue weighted by atomic mass is 32.1. The molecule has 0 atom stereocenters. The van der Waals surface area contributed by atoms with Crippen LogP contribution in [0.15, 0.2) is 45.6 Å². The number of aromatic nitrogens is 1. The van der Waals surface area contributed by atoms with Crippen molar-refractivity contribution in [3.05, 3.63) is 63.5 Å². The Balaban J connectivity index is 2.11. The Labute approximate surface area is 141 Å². The molecule has 5 heteroatoms. The molecule has 0 saturated heterocycles. The molecule has 2 aromatic heterocycles. The molecule has 0 spiro atoms. The summed E-state index contributed by atoms with van der Waals surface area (Å²) < 4.78 is 6.45. The molecule has 0 aliphatic carbocycles. The summed E-state index contributed by atoms with van der Waals surface area (Å²) in [6.45, 7) is 3.92. The molecule has 0 amide bonds. The van der Waals surface area contributed by atoms with Gasteiger partial charge in [0.15, 0.2) is 0 Å². The van der Waals surface area contributed by atoms with Gasteiger partial charge in [0.2, 0.25) is 0 Å². The van der Waals surface area contributed by atoms with Crippen LogP contribution in [0.25, 0.3) is 31.8 Å². The molecule has 2 aromatic carbocycles. The van der Waals surface area contributed by atoms with E-state index in [-0.39, 0.29) is 5.56 Å². The zero-order chi connectivity index (χ0) is 16.8. The average Bonchev–Trinajstić information content (AvgIpc) is 2.98. The predicted octanol–water partition coefficient (Wildman–Crippen LogP) is 4.56. The summed E-state index contributed by atoms with van der Waals surface area (Å²) in [5.41, 5.74) is 3.34. The molecule has 0 aliphatic rings. The molecule has 4 rings (SSSR count). The number of para-hydroxylation sites is 1. The maximum atomic E-state index is 12.5. The first kappa shape index (κ1) is 14.6. The summed E-state index contributed by atoms with van der Waals surface area (Å²) in [6.07, 6.45) is 0. The third kappa shape index (κ3) is 2.12. The number of nitriles is 1. The van der Waals surface area contributed by atoms with Crippen molar-refractivity contribution in [2.24, 2.45) is 0 Å². The lowest BCUT2D eigenvalue weighted by Crippen LogP contribution is -2.06. The Kier molecular flexibility index (Phi) is 3.22. The Morgan fingerprint density at radius 1 is 1.17 bits per heavy atom. The van der Waals surface area contributed by atoms with E-state index >= 15 is 0 Å². The monoisotopic (exact) mass is 332 g/mol. The van der Waals surface area contributed by atoms with Gasteiger partial charge >= 0.3 is 5.63 Å². The molecular weight excluding hydrogens is 320 g/mol. The number of nitrogens with zero attached hydrogens (tertiary/aromatic N) is 2. The van der Waals surface area contributed by atoms with E-state index in [0.29, 0.717) is 21.5 Å². The Hall–Kier alpha value is -2.97. The number of benzene rings is 2. The Morgan fingerprint density at radius 2 is 1.92 bits per heavy atom. The van der Waals surface area contributed by atoms with Crippen LogP contribution in [-0.4, -0.2) is 4.98 Å². The lowest BCUT2D eigenvalue weighted by atomic mass is 10.0. The third-order valence-electron chi connectivity index (χ3n) is 4.14. The van der Waals surface area contributed by atoms with E-state index in [1.165, 1.54) is 11.3 Å². The second-order valence-electron chi connectivity index (χ2n) is 5.67. The largest absolute Gasteiger partial charge is 0.422 e. The molecule has 4 nitrogen and oxygen atoms in total. The molecule has 0 saturated carbocycles. The van der Waals surface area contributed by atoms with Gasteiger partial charge in [0.25, 0.3) is 0 Å². The Bertz CT molecular complexity index is 1180. The number of thiazole rings is 1. The van der Waals surface area contributed by atoms with E-state index in [9.17, 15) is 10.1 Å². The average molecular weight is 332 g/mol. The number of fused-ring (bicyclic) bond motifs is 2. The predicted molar refractivity (Wildman–Crippen MR) is 95.3 cm³/mol. The normalized spacial score (nSPS) is 11.0. The standard InChI is InChI=1S/C19H12N2O2S/c1-10-7-12-13(9-20)17(19(22)23-15(12)8-11(10)2)18-21-14-5-3-4-6-16(14)24-18/h3-8H,1-2H3. The van der Waals surface area contributed by atoms with E-state index in [4.69, 9.17) is 4.42 Å². The second-order valence-corrected chi connectivity index (χ2v) is 6.70. The van der Waals surface area contributed by atoms with Crippen LogP contribution >= 0.6 is 11.3 Å². The van der Waals surface area contributed by atoms with Gasteiger partial charge in [-0.1, -0.05) is 12.1 Å². The molecule has 24 heavy (non-hydrogen) atoms. The number of rotatable bonds is 1. The van der Waals surface area contributed by atoms with Crippen LogP contribution in [0.5, 0.6) is 0 Å². The van der Waals surface area contributed by atoms with Crippen LogP contribution in [-0.2, 0) is 0 Å². The molecule has 0 aliphatic heterocycles. The summed E-state index contributed by atoms with van der Waals surface area (Å²) in [7, 11) is 0. The summed E-state index contributed by atoms with van der Waals surface area (Å²) >= 11 is 1.39. The minimum Gasteiger partial charge on any atom is -0.422 e. The summed E-state index contributed by atoms with van der Waals surface area (Å²) in [5.74, 6) is 0. The first-order chi connectivity index (χ1) is 11.6. The van der Waals surface area contributed by atoms with Gasteiger partial charge in [0.1, 0.15) is 22.2 Å². The van der Waals surface area contributed by atoms with Gasteiger partial charge in [-0.25, -0.2) is 9.78 Å². The van der Waals surface area contributed by atoms with Crippen molar-refractivity contribution in [1.82, 2.24) is 4.98 Å². The van der Waals surface area contributed by atoms with E-state index in [2.05, 4.69) is 11.1 Å². The molecule has 0 N–H and O–H groups in total. The molecule has 0 radical (unpaired) electrons. The van der Waals surface area contributed by atoms with Crippen LogP contribution in [0, 0.1) is 25.2 Å². The summed E-state index contributed by atoms with van der Waals surface area (Å²) in [5, 5.41) is 10.8. The zero-order valence-corrected chi connectivity index (χ0v) is 13.9. The van der Waals surface area contributed by atoms with E-state index in [1.807, 2.05) is 44.2 Å². The van der Waals surface area contributed by atoms with E-state index in [1.54, 1.807) is 6.07 Å². The minimum atomic E-state index is -0.527. The number of hydrogen-bond acceptors (Lipinski definition) is 5. The van der Waals surface area contributed by atoms with Crippen LogP contribution < -0.4 is 5.63 Å². The highest BCUT2D eigenvalue weighted by Crippen LogP contribution is 2.33. The van der Waals surface area contributed by atoms with Gasteiger partial charge in [0.05, 0.1) is 15.8 Å². The highest BCUT2D eigenvalue weighted by molar-refractivity contribution is 7.21. The van der Waals surface area contributed by atoms with Crippen LogP contribution in [0.4, 0.5) is 0 Å². The first-order valence-corrected chi connectivity index (χ1v) is 8.24. The molecule has 2 heterocycles. The first-order valence-electron chi connectivity index (χ1n) is 7.42. The molecule has 0 bridgehead atoms. The lowest BCUT2D eigenvalue weighted by molar-refractivity contribution is 0.562. The zero-order valence-electron chi connectivity index (χ0n) is 13.1. The third-order valence-corrected chi connectivity index (χ3v) is 5.20. The maximum Gasteiger partial charge on any atom is 0.348 e. The van der Waals surface area contributed by atoms with Crippen molar-refractivity contribution < 1.29 is 4.42 Å². The topological polar surface area (TPSA) is 66.9 Å². The van der Waals surface area contributed by atoms with Gasteiger partial charge in [-0.3, -0.25) is 0 Å². The van der Waals surface area contributed by atoms with Gasteiger partial charge in [0, 0.05) is 5.39 Å². The second kappa shape index (κ2) is 5.29. The molecular formula is C19H12N2O2S. The van der Waals surface area contributed by atoms with Gasteiger partial charge in [-0.05, 0) is 49.2 Å². The maximum absolute atomic E-state index is 12.5. The van der Waals surface area contributed by atoms with Gasteiger partial charge in [-0.2, -0.15) is 5.26 Å². The molecule has 0 fully saturated rings. The lowest BCUT2D eigenvalue weighted by Gasteiger charge is -2.06. The van der Waals surface area contributed by atoms with E-state index < -0.39 is 5.63 Å². The van der Waals surface area contributed by atoms with Crippen LogP contribution in [0.1, 0.15) is 16.7 Å². The minimum absolute atomic E-state index is 0.245. The Morgan fingerprint density at radius 3 is 2.67 bits per heavy atom. The van der Waals surface area contributed by atoms with Crippen molar-refractivity contribution >= 4 is 32.5 Å². The van der Waals surface area contributed by atoms with Gasteiger partial charge < -0.3 is 4.42 Å². The summed E-state index contributed by atoms with van der Waals surface area (Å²) in [6, 6.07) is 13.5. The van der Waals surface area contributed by atoms with Crippen molar-refractivity contribution in [1.29, 1.82) is 5.26 Å². The van der Waals surface area contributed by atoms with Crippen molar-refractivity contribution in [3.63, 3.8) is 0 Å². The van der Waals surface area contributed by atoms with Crippen LogP contribution in [0.3, 0.4) is 0 Å². The highest BCUT2D eigenvalue weighted by Gasteiger charge is 2.20. The van der Waals surface area contributed by atoms with Crippen LogP contribution in [0.2, 0.25) is 0 Å².